The van der Waals surface area contributed by atoms with E-state index in [1.165, 1.54) is 6.20 Å². The van der Waals surface area contributed by atoms with E-state index in [0.717, 1.165) is 37.5 Å². The Morgan fingerprint density at radius 1 is 1.58 bits per heavy atom. The minimum atomic E-state index is -0.216. The van der Waals surface area contributed by atoms with Gasteiger partial charge in [-0.25, -0.2) is 0 Å². The molecule has 1 atom stereocenters. The quantitative estimate of drug-likeness (QED) is 0.908. The molecule has 0 aromatic carbocycles. The van der Waals surface area contributed by atoms with Gasteiger partial charge in [0.25, 0.3) is 5.91 Å². The van der Waals surface area contributed by atoms with Gasteiger partial charge in [0.05, 0.1) is 30.7 Å². The first-order valence-electron chi connectivity index (χ1n) is 6.04. The van der Waals surface area contributed by atoms with Crippen LogP contribution in [0.2, 0.25) is 0 Å². The normalized spacial score (nSPS) is 18.6. The molecule has 8 heteroatoms. The first-order valence-corrected chi connectivity index (χ1v) is 6.81. The van der Waals surface area contributed by atoms with Gasteiger partial charge in [-0.05, 0) is 24.4 Å². The van der Waals surface area contributed by atoms with Crippen molar-refractivity contribution in [3.05, 3.63) is 23.5 Å². The van der Waals surface area contributed by atoms with E-state index in [9.17, 15) is 4.79 Å². The Labute approximate surface area is 113 Å². The Bertz CT molecular complexity index is 547. The Kier molecular flexibility index (Phi) is 3.51. The molecule has 2 aromatic heterocycles. The number of anilines is 1. The molecule has 1 amide bonds. The van der Waals surface area contributed by atoms with E-state index in [4.69, 9.17) is 4.74 Å². The van der Waals surface area contributed by atoms with Gasteiger partial charge in [-0.15, -0.1) is 5.10 Å². The van der Waals surface area contributed by atoms with E-state index in [1.54, 1.807) is 17.1 Å². The number of hydrogen-bond donors (Lipinski definition) is 1. The maximum atomic E-state index is 11.8. The predicted molar refractivity (Wildman–Crippen MR) is 69.1 cm³/mol. The van der Waals surface area contributed by atoms with E-state index in [0.29, 0.717) is 10.6 Å². The first-order chi connectivity index (χ1) is 9.31. The van der Waals surface area contributed by atoms with Crippen molar-refractivity contribution in [2.75, 3.05) is 11.9 Å². The molecule has 0 bridgehead atoms. The van der Waals surface area contributed by atoms with E-state index >= 15 is 0 Å². The highest BCUT2D eigenvalue weighted by molar-refractivity contribution is 7.07. The summed E-state index contributed by atoms with van der Waals surface area (Å²) in [5.41, 5.74) is 0.663. The maximum Gasteiger partial charge on any atom is 0.269 e. The fourth-order valence-electron chi connectivity index (χ4n) is 1.98. The Balaban J connectivity index is 1.60. The third-order valence-electron chi connectivity index (χ3n) is 2.89. The lowest BCUT2D eigenvalue weighted by molar-refractivity contribution is 0.0940. The number of ether oxygens (including phenoxy) is 1. The van der Waals surface area contributed by atoms with Gasteiger partial charge in [0, 0.05) is 12.8 Å². The second-order valence-corrected chi connectivity index (χ2v) is 5.11. The fraction of sp³-hybridized carbons (Fsp3) is 0.455. The molecule has 1 fully saturated rings. The van der Waals surface area contributed by atoms with Crippen molar-refractivity contribution in [3.8, 4) is 0 Å². The summed E-state index contributed by atoms with van der Waals surface area (Å²) >= 11 is 1.06. The van der Waals surface area contributed by atoms with Crippen LogP contribution >= 0.6 is 11.5 Å². The fourth-order valence-corrected chi connectivity index (χ4v) is 2.40. The van der Waals surface area contributed by atoms with Gasteiger partial charge in [0.2, 0.25) is 0 Å². The van der Waals surface area contributed by atoms with Crippen LogP contribution in [0.25, 0.3) is 0 Å². The minimum Gasteiger partial charge on any atom is -0.376 e. The van der Waals surface area contributed by atoms with Crippen LogP contribution in [0, 0.1) is 0 Å². The number of nitrogens with zero attached hydrogens (tertiary/aromatic N) is 4. The molecule has 3 rings (SSSR count). The number of aromatic nitrogens is 4. The van der Waals surface area contributed by atoms with Crippen molar-refractivity contribution in [2.45, 2.75) is 25.5 Å². The third-order valence-corrected chi connectivity index (χ3v) is 3.55. The minimum absolute atomic E-state index is 0.216. The molecule has 1 aliphatic heterocycles. The molecule has 0 radical (unpaired) electrons. The van der Waals surface area contributed by atoms with Crippen molar-refractivity contribution in [1.82, 2.24) is 19.4 Å². The number of rotatable bonds is 4. The lowest BCUT2D eigenvalue weighted by Gasteiger charge is -2.08. The van der Waals surface area contributed by atoms with E-state index in [1.807, 2.05) is 0 Å². The maximum absolute atomic E-state index is 11.8. The summed E-state index contributed by atoms with van der Waals surface area (Å²) in [6, 6.07) is 0. The standard InChI is InChI=1S/C11H13N5O2S/c17-11(10-5-12-15-19-10)14-8-4-13-16(6-8)7-9-2-1-3-18-9/h4-6,9H,1-3,7H2,(H,14,17). The molecule has 1 aliphatic rings. The molecular weight excluding hydrogens is 266 g/mol. The second-order valence-electron chi connectivity index (χ2n) is 4.32. The zero-order valence-corrected chi connectivity index (χ0v) is 11.0. The van der Waals surface area contributed by atoms with Crippen LogP contribution < -0.4 is 5.32 Å². The van der Waals surface area contributed by atoms with Crippen LogP contribution in [0.3, 0.4) is 0 Å². The first kappa shape index (κ1) is 12.2. The zero-order chi connectivity index (χ0) is 13.1. The number of carbonyl (C=O) groups is 1. The molecule has 19 heavy (non-hydrogen) atoms. The molecule has 1 saturated heterocycles. The summed E-state index contributed by atoms with van der Waals surface area (Å²) in [5.74, 6) is -0.216. The van der Waals surface area contributed by atoms with E-state index < -0.39 is 0 Å². The molecular formula is C11H13N5O2S. The second kappa shape index (κ2) is 5.45. The largest absolute Gasteiger partial charge is 0.376 e. The van der Waals surface area contributed by atoms with Crippen molar-refractivity contribution < 1.29 is 9.53 Å². The van der Waals surface area contributed by atoms with Crippen molar-refractivity contribution in [2.24, 2.45) is 0 Å². The van der Waals surface area contributed by atoms with Gasteiger partial charge in [-0.2, -0.15) is 5.10 Å². The highest BCUT2D eigenvalue weighted by Gasteiger charge is 2.17. The smallest absolute Gasteiger partial charge is 0.269 e. The molecule has 0 aliphatic carbocycles. The third kappa shape index (κ3) is 2.96. The Morgan fingerprint density at radius 2 is 2.53 bits per heavy atom. The lowest BCUT2D eigenvalue weighted by atomic mass is 10.2. The summed E-state index contributed by atoms with van der Waals surface area (Å²) in [4.78, 5) is 12.3. The molecule has 1 unspecified atom stereocenters. The molecule has 0 spiro atoms. The monoisotopic (exact) mass is 279 g/mol. The predicted octanol–water partition coefficient (Wildman–Crippen LogP) is 1.17. The molecule has 2 aromatic rings. The summed E-state index contributed by atoms with van der Waals surface area (Å²) in [6.07, 6.45) is 7.27. The Hall–Kier alpha value is -1.80. The summed E-state index contributed by atoms with van der Waals surface area (Å²) in [6.45, 7) is 1.55. The van der Waals surface area contributed by atoms with Crippen molar-refractivity contribution in [3.63, 3.8) is 0 Å². The van der Waals surface area contributed by atoms with E-state index in [2.05, 4.69) is 20.0 Å². The molecule has 7 nitrogen and oxygen atoms in total. The number of carbonyl (C=O) groups excluding carboxylic acids is 1. The zero-order valence-electron chi connectivity index (χ0n) is 10.2. The molecule has 100 valence electrons. The van der Waals surface area contributed by atoms with Gasteiger partial charge < -0.3 is 10.1 Å². The van der Waals surface area contributed by atoms with Crippen LogP contribution in [0.5, 0.6) is 0 Å². The van der Waals surface area contributed by atoms with Crippen LogP contribution in [0.15, 0.2) is 18.6 Å². The SMILES string of the molecule is O=C(Nc1cnn(CC2CCCO2)c1)c1cnns1. The van der Waals surface area contributed by atoms with Crippen molar-refractivity contribution >= 4 is 23.1 Å². The number of nitrogens with one attached hydrogen (secondary N) is 1. The topological polar surface area (TPSA) is 81.9 Å². The average molecular weight is 279 g/mol. The van der Waals surface area contributed by atoms with Crippen LogP contribution in [0.1, 0.15) is 22.5 Å². The van der Waals surface area contributed by atoms with Crippen LogP contribution in [-0.2, 0) is 11.3 Å². The molecule has 1 N–H and O–H groups in total. The highest BCUT2D eigenvalue weighted by Crippen LogP contribution is 2.15. The van der Waals surface area contributed by atoms with Gasteiger partial charge in [0.15, 0.2) is 0 Å². The summed E-state index contributed by atoms with van der Waals surface area (Å²) in [5, 5.41) is 10.6. The summed E-state index contributed by atoms with van der Waals surface area (Å²) in [7, 11) is 0. The Morgan fingerprint density at radius 3 is 3.26 bits per heavy atom. The van der Waals surface area contributed by atoms with Crippen molar-refractivity contribution in [1.29, 1.82) is 0 Å². The van der Waals surface area contributed by atoms with Gasteiger partial charge in [-0.3, -0.25) is 9.48 Å². The molecule has 3 heterocycles. The number of hydrogen-bond acceptors (Lipinski definition) is 6. The van der Waals surface area contributed by atoms with Crippen LogP contribution in [0.4, 0.5) is 5.69 Å². The van der Waals surface area contributed by atoms with Gasteiger partial charge >= 0.3 is 0 Å². The van der Waals surface area contributed by atoms with Gasteiger partial charge in [-0.1, -0.05) is 4.49 Å². The highest BCUT2D eigenvalue weighted by atomic mass is 32.1. The van der Waals surface area contributed by atoms with Crippen LogP contribution in [-0.4, -0.2) is 38.0 Å². The average Bonchev–Trinajstić information content (AvgIpc) is 3.10. The summed E-state index contributed by atoms with van der Waals surface area (Å²) < 4.78 is 11.0. The van der Waals surface area contributed by atoms with E-state index in [-0.39, 0.29) is 12.0 Å². The molecule has 0 saturated carbocycles. The lowest BCUT2D eigenvalue weighted by Crippen LogP contribution is -2.15. The number of amides is 1. The van der Waals surface area contributed by atoms with Gasteiger partial charge in [0.1, 0.15) is 4.88 Å².